The molecule has 2 aliphatic rings. The van der Waals surface area contributed by atoms with Gasteiger partial charge in [-0.05, 0) is 62.9 Å². The Kier molecular flexibility index (Phi) is 4.67. The van der Waals surface area contributed by atoms with Gasteiger partial charge in [0, 0.05) is 18.6 Å². The van der Waals surface area contributed by atoms with Crippen molar-refractivity contribution in [2.24, 2.45) is 0 Å². The van der Waals surface area contributed by atoms with Crippen LogP contribution in [0, 0.1) is 13.8 Å². The van der Waals surface area contributed by atoms with Crippen LogP contribution in [-0.2, 0) is 10.0 Å². The van der Waals surface area contributed by atoms with Gasteiger partial charge in [0.1, 0.15) is 5.75 Å². The zero-order valence-electron chi connectivity index (χ0n) is 14.1. The molecule has 23 heavy (non-hydrogen) atoms. The van der Waals surface area contributed by atoms with Gasteiger partial charge in [-0.15, -0.1) is 0 Å². The molecule has 128 valence electrons. The first kappa shape index (κ1) is 16.7. The monoisotopic (exact) mass is 338 g/mol. The molecule has 5 nitrogen and oxygen atoms in total. The Morgan fingerprint density at radius 2 is 1.83 bits per heavy atom. The zero-order valence-corrected chi connectivity index (χ0v) is 14.9. The molecular formula is C17H26N2O3S. The molecule has 6 heteroatoms. The van der Waals surface area contributed by atoms with E-state index in [9.17, 15) is 8.42 Å². The van der Waals surface area contributed by atoms with Crippen LogP contribution in [0.5, 0.6) is 5.75 Å². The summed E-state index contributed by atoms with van der Waals surface area (Å²) in [5, 5.41) is 0. The maximum atomic E-state index is 12.9. The lowest BCUT2D eigenvalue weighted by Crippen LogP contribution is -2.46. The van der Waals surface area contributed by atoms with Crippen molar-refractivity contribution >= 4 is 10.0 Å². The Labute approximate surface area is 139 Å². The molecule has 2 fully saturated rings. The van der Waals surface area contributed by atoms with Gasteiger partial charge in [0.05, 0.1) is 12.0 Å². The fraction of sp³-hybridized carbons (Fsp3) is 0.647. The van der Waals surface area contributed by atoms with Gasteiger partial charge in [-0.2, -0.15) is 0 Å². The van der Waals surface area contributed by atoms with Crippen molar-refractivity contribution < 1.29 is 13.2 Å². The van der Waals surface area contributed by atoms with Gasteiger partial charge in [0.25, 0.3) is 0 Å². The number of hydrogen-bond donors (Lipinski definition) is 1. The Morgan fingerprint density at radius 1 is 1.13 bits per heavy atom. The minimum atomic E-state index is -3.51. The van der Waals surface area contributed by atoms with E-state index in [1.807, 2.05) is 13.8 Å². The van der Waals surface area contributed by atoms with Gasteiger partial charge >= 0.3 is 0 Å². The number of hydrogen-bond acceptors (Lipinski definition) is 4. The molecule has 0 aromatic heterocycles. The summed E-state index contributed by atoms with van der Waals surface area (Å²) in [5.41, 5.74) is 1.46. The number of fused-ring (bicyclic) bond motifs is 1. The van der Waals surface area contributed by atoms with Crippen molar-refractivity contribution in [3.8, 4) is 5.75 Å². The molecule has 0 bridgehead atoms. The topological polar surface area (TPSA) is 58.6 Å². The van der Waals surface area contributed by atoms with Crippen molar-refractivity contribution in [3.05, 3.63) is 23.3 Å². The zero-order chi connectivity index (χ0) is 16.6. The van der Waals surface area contributed by atoms with Crippen LogP contribution in [0.2, 0.25) is 0 Å². The highest BCUT2D eigenvalue weighted by Crippen LogP contribution is 2.30. The maximum Gasteiger partial charge on any atom is 0.241 e. The van der Waals surface area contributed by atoms with Crippen LogP contribution in [0.25, 0.3) is 0 Å². The molecule has 1 aromatic carbocycles. The normalized spacial score (nSPS) is 25.3. The van der Waals surface area contributed by atoms with E-state index in [1.165, 1.54) is 12.8 Å². The third-order valence-corrected chi connectivity index (χ3v) is 6.90. The Hall–Kier alpha value is -1.11. The summed E-state index contributed by atoms with van der Waals surface area (Å²) < 4.78 is 34.1. The second-order valence-electron chi connectivity index (χ2n) is 6.71. The van der Waals surface area contributed by atoms with E-state index in [4.69, 9.17) is 4.74 Å². The minimum Gasteiger partial charge on any atom is -0.497 e. The molecule has 3 rings (SSSR count). The largest absolute Gasteiger partial charge is 0.497 e. The lowest BCUT2D eigenvalue weighted by atomic mass is 10.00. The van der Waals surface area contributed by atoms with Gasteiger partial charge in [-0.25, -0.2) is 13.1 Å². The van der Waals surface area contributed by atoms with Crippen LogP contribution in [0.3, 0.4) is 0 Å². The smallest absolute Gasteiger partial charge is 0.241 e. The third-order valence-electron chi connectivity index (χ3n) is 5.10. The number of aryl methyl sites for hydroxylation is 2. The Bertz CT molecular complexity index is 664. The van der Waals surface area contributed by atoms with E-state index < -0.39 is 10.0 Å². The summed E-state index contributed by atoms with van der Waals surface area (Å²) in [5.74, 6) is 0.693. The number of sulfonamides is 1. The minimum absolute atomic E-state index is 0.0289. The van der Waals surface area contributed by atoms with Crippen molar-refractivity contribution in [3.63, 3.8) is 0 Å². The summed E-state index contributed by atoms with van der Waals surface area (Å²) in [6.45, 7) is 5.75. The molecule has 0 amide bonds. The van der Waals surface area contributed by atoms with Crippen LogP contribution in [-0.4, -0.2) is 45.6 Å². The predicted molar refractivity (Wildman–Crippen MR) is 90.4 cm³/mol. The number of ether oxygens (including phenoxy) is 1. The van der Waals surface area contributed by atoms with Crippen LogP contribution in [0.1, 0.15) is 36.8 Å². The molecule has 2 saturated heterocycles. The number of methoxy groups -OCH3 is 1. The standard InChI is InChI=1S/C17H26N2O3S/c1-12-10-14(22-3)11-13(2)17(12)23(20,21)18-15-7-9-19-8-5-4-6-16(15)19/h10-11,15-16,18H,4-9H2,1-3H3. The van der Waals surface area contributed by atoms with Crippen molar-refractivity contribution in [1.82, 2.24) is 9.62 Å². The van der Waals surface area contributed by atoms with Crippen LogP contribution >= 0.6 is 0 Å². The van der Waals surface area contributed by atoms with Crippen LogP contribution < -0.4 is 9.46 Å². The highest BCUT2D eigenvalue weighted by Gasteiger charge is 2.38. The summed E-state index contributed by atoms with van der Waals surface area (Å²) in [7, 11) is -1.92. The highest BCUT2D eigenvalue weighted by atomic mass is 32.2. The van der Waals surface area contributed by atoms with Gasteiger partial charge in [-0.3, -0.25) is 4.90 Å². The second-order valence-corrected chi connectivity index (χ2v) is 8.36. The number of nitrogens with zero attached hydrogens (tertiary/aromatic N) is 1. The molecule has 2 atom stereocenters. The lowest BCUT2D eigenvalue weighted by molar-refractivity contribution is 0.186. The average molecular weight is 338 g/mol. The SMILES string of the molecule is COc1cc(C)c(S(=O)(=O)NC2CCN3CCCCC23)c(C)c1. The molecule has 0 aliphatic carbocycles. The number of piperidine rings is 1. The first-order valence-corrected chi connectivity index (χ1v) is 9.82. The Balaban J connectivity index is 1.85. The molecule has 1 aromatic rings. The van der Waals surface area contributed by atoms with Crippen molar-refractivity contribution in [2.45, 2.75) is 56.5 Å². The molecule has 2 heterocycles. The molecule has 0 radical (unpaired) electrons. The Morgan fingerprint density at radius 3 is 2.48 bits per heavy atom. The molecule has 0 spiro atoms. The van der Waals surface area contributed by atoms with Gasteiger partial charge in [0.15, 0.2) is 0 Å². The second kappa shape index (κ2) is 6.42. The molecule has 2 unspecified atom stereocenters. The van der Waals surface area contributed by atoms with Crippen molar-refractivity contribution in [1.29, 1.82) is 0 Å². The maximum absolute atomic E-state index is 12.9. The predicted octanol–water partition coefficient (Wildman–Crippen LogP) is 2.22. The van der Waals surface area contributed by atoms with E-state index in [-0.39, 0.29) is 6.04 Å². The van der Waals surface area contributed by atoms with E-state index in [0.29, 0.717) is 16.7 Å². The first-order chi connectivity index (χ1) is 10.9. The third kappa shape index (κ3) is 3.25. The lowest BCUT2D eigenvalue weighted by Gasteiger charge is -2.32. The summed E-state index contributed by atoms with van der Waals surface area (Å²) >= 11 is 0. The van der Waals surface area contributed by atoms with Crippen molar-refractivity contribution in [2.75, 3.05) is 20.2 Å². The molecule has 0 saturated carbocycles. The van der Waals surface area contributed by atoms with Gasteiger partial charge < -0.3 is 4.74 Å². The van der Waals surface area contributed by atoms with Gasteiger partial charge in [0.2, 0.25) is 10.0 Å². The van der Waals surface area contributed by atoms with E-state index in [2.05, 4.69) is 9.62 Å². The molecule has 1 N–H and O–H groups in total. The molecule has 2 aliphatic heterocycles. The highest BCUT2D eigenvalue weighted by molar-refractivity contribution is 7.89. The van der Waals surface area contributed by atoms with Crippen LogP contribution in [0.4, 0.5) is 0 Å². The fourth-order valence-electron chi connectivity index (χ4n) is 4.10. The molecular weight excluding hydrogens is 312 g/mol. The summed E-state index contributed by atoms with van der Waals surface area (Å²) in [4.78, 5) is 2.83. The quantitative estimate of drug-likeness (QED) is 0.914. The van der Waals surface area contributed by atoms with Crippen LogP contribution in [0.15, 0.2) is 17.0 Å². The van der Waals surface area contributed by atoms with E-state index >= 15 is 0 Å². The number of nitrogens with one attached hydrogen (secondary N) is 1. The fourth-order valence-corrected chi connectivity index (χ4v) is 5.85. The number of benzene rings is 1. The average Bonchev–Trinajstić information content (AvgIpc) is 2.89. The van der Waals surface area contributed by atoms with E-state index in [1.54, 1.807) is 19.2 Å². The van der Waals surface area contributed by atoms with E-state index in [0.717, 1.165) is 37.1 Å². The first-order valence-electron chi connectivity index (χ1n) is 8.34. The summed E-state index contributed by atoms with van der Waals surface area (Å²) in [6.07, 6.45) is 4.42. The summed E-state index contributed by atoms with van der Waals surface area (Å²) in [6, 6.07) is 3.95. The number of rotatable bonds is 4. The van der Waals surface area contributed by atoms with Gasteiger partial charge in [-0.1, -0.05) is 6.42 Å².